The molecule has 2 aromatic rings. The van der Waals surface area contributed by atoms with Gasteiger partial charge < -0.3 is 4.90 Å². The number of hydrogen-bond acceptors (Lipinski definition) is 1. The Morgan fingerprint density at radius 3 is 2.45 bits per heavy atom. The van der Waals surface area contributed by atoms with Crippen molar-refractivity contribution in [3.8, 4) is 0 Å². The van der Waals surface area contributed by atoms with Crippen LogP contribution in [0, 0.1) is 0 Å². The first kappa shape index (κ1) is 15.8. The van der Waals surface area contributed by atoms with E-state index in [1.807, 2.05) is 53.4 Å². The second-order valence-electron chi connectivity index (χ2n) is 5.44. The van der Waals surface area contributed by atoms with Gasteiger partial charge in [-0.2, -0.15) is 0 Å². The monoisotopic (exact) mass is 421 g/mol. The van der Waals surface area contributed by atoms with Crippen LogP contribution in [-0.4, -0.2) is 17.3 Å². The minimum atomic E-state index is -0.291. The van der Waals surface area contributed by atoms with E-state index >= 15 is 0 Å². The van der Waals surface area contributed by atoms with Crippen molar-refractivity contribution in [1.82, 2.24) is 0 Å². The molecule has 1 heterocycles. The van der Waals surface area contributed by atoms with Crippen LogP contribution in [0.15, 0.2) is 54.6 Å². The fourth-order valence-corrected chi connectivity index (χ4v) is 3.93. The van der Waals surface area contributed by atoms with Crippen molar-refractivity contribution in [2.24, 2.45) is 0 Å². The summed E-state index contributed by atoms with van der Waals surface area (Å²) in [4.78, 5) is 14.5. The Labute approximate surface area is 147 Å². The van der Waals surface area contributed by atoms with Crippen molar-refractivity contribution in [3.05, 3.63) is 65.7 Å². The summed E-state index contributed by atoms with van der Waals surface area (Å²) in [5, 5.41) is 0. The van der Waals surface area contributed by atoms with Gasteiger partial charge in [-0.1, -0.05) is 80.4 Å². The Morgan fingerprint density at radius 1 is 1.00 bits per heavy atom. The van der Waals surface area contributed by atoms with Crippen LogP contribution in [0.3, 0.4) is 0 Å². The topological polar surface area (TPSA) is 20.3 Å². The van der Waals surface area contributed by atoms with Gasteiger partial charge in [0.1, 0.15) is 4.83 Å². The highest BCUT2D eigenvalue weighted by atomic mass is 79.9. The Kier molecular flexibility index (Phi) is 4.99. The van der Waals surface area contributed by atoms with Gasteiger partial charge in [-0.15, -0.1) is 0 Å². The normalized spacial score (nSPS) is 16.7. The molecule has 1 amide bonds. The summed E-state index contributed by atoms with van der Waals surface area (Å²) in [6.07, 6.45) is 2.06. The molecule has 0 radical (unpaired) electrons. The molecule has 0 fully saturated rings. The van der Waals surface area contributed by atoms with E-state index in [2.05, 4.69) is 37.9 Å². The van der Waals surface area contributed by atoms with Crippen LogP contribution in [0.25, 0.3) is 0 Å². The molecular weight excluding hydrogens is 406 g/mol. The highest BCUT2D eigenvalue weighted by Crippen LogP contribution is 2.35. The molecule has 0 bridgehead atoms. The van der Waals surface area contributed by atoms with Gasteiger partial charge in [0.25, 0.3) is 0 Å². The first-order valence-electron chi connectivity index (χ1n) is 7.41. The fraction of sp³-hybridized carbons (Fsp3) is 0.278. The molecule has 0 saturated heterocycles. The van der Waals surface area contributed by atoms with Crippen molar-refractivity contribution in [2.45, 2.75) is 22.5 Å². The molecule has 0 N–H and O–H groups in total. The quantitative estimate of drug-likeness (QED) is 0.646. The Balaban J connectivity index is 1.82. The van der Waals surface area contributed by atoms with E-state index in [0.29, 0.717) is 0 Å². The number of hydrogen-bond donors (Lipinski definition) is 0. The van der Waals surface area contributed by atoms with Crippen LogP contribution in [-0.2, 0) is 11.2 Å². The molecule has 2 atom stereocenters. The average molecular weight is 423 g/mol. The number of halogens is 2. The second kappa shape index (κ2) is 6.97. The van der Waals surface area contributed by atoms with Crippen LogP contribution >= 0.6 is 31.9 Å². The van der Waals surface area contributed by atoms with Gasteiger partial charge in [-0.3, -0.25) is 4.79 Å². The molecular formula is C18H17Br2NO. The van der Waals surface area contributed by atoms with E-state index in [9.17, 15) is 4.79 Å². The SMILES string of the molecule is O=C([C@H](Br)[C@@H](Br)c1ccccc1)N1CCCc2ccccc21. The Morgan fingerprint density at radius 2 is 1.68 bits per heavy atom. The second-order valence-corrected chi connectivity index (χ2v) is 7.41. The van der Waals surface area contributed by atoms with Crippen molar-refractivity contribution in [2.75, 3.05) is 11.4 Å². The molecule has 0 aliphatic carbocycles. The lowest BCUT2D eigenvalue weighted by molar-refractivity contribution is -0.118. The number of aryl methyl sites for hydroxylation is 1. The molecule has 1 aliphatic heterocycles. The lowest BCUT2D eigenvalue weighted by atomic mass is 10.0. The summed E-state index contributed by atoms with van der Waals surface area (Å²) in [5.74, 6) is 0.109. The zero-order chi connectivity index (χ0) is 15.5. The molecule has 0 spiro atoms. The summed E-state index contributed by atoms with van der Waals surface area (Å²) in [6, 6.07) is 18.2. The number of amides is 1. The van der Waals surface area contributed by atoms with E-state index in [-0.39, 0.29) is 15.6 Å². The largest absolute Gasteiger partial charge is 0.311 e. The zero-order valence-corrected chi connectivity index (χ0v) is 15.3. The van der Waals surface area contributed by atoms with Gasteiger partial charge >= 0.3 is 0 Å². The van der Waals surface area contributed by atoms with Gasteiger partial charge in [-0.25, -0.2) is 0 Å². The number of rotatable bonds is 3. The van der Waals surface area contributed by atoms with Crippen molar-refractivity contribution >= 4 is 43.5 Å². The van der Waals surface area contributed by atoms with Gasteiger partial charge in [0, 0.05) is 12.2 Å². The van der Waals surface area contributed by atoms with Gasteiger partial charge in [-0.05, 0) is 30.0 Å². The molecule has 3 rings (SSSR count). The molecule has 1 aliphatic rings. The number of carbonyl (C=O) groups is 1. The van der Waals surface area contributed by atoms with Gasteiger partial charge in [0.05, 0.1) is 4.83 Å². The third-order valence-corrected chi connectivity index (χ3v) is 6.67. The Bertz CT molecular complexity index is 659. The van der Waals surface area contributed by atoms with Crippen molar-refractivity contribution in [3.63, 3.8) is 0 Å². The number of carbonyl (C=O) groups excluding carboxylic acids is 1. The first-order valence-corrected chi connectivity index (χ1v) is 9.24. The minimum absolute atomic E-state index is 0.0460. The molecule has 0 unspecified atom stereocenters. The molecule has 0 saturated carbocycles. The Hall–Kier alpha value is -1.13. The van der Waals surface area contributed by atoms with Crippen molar-refractivity contribution < 1.29 is 4.79 Å². The number of anilines is 1. The summed E-state index contributed by atoms with van der Waals surface area (Å²) in [7, 11) is 0. The summed E-state index contributed by atoms with van der Waals surface area (Å²) in [6.45, 7) is 0.784. The smallest absolute Gasteiger partial charge is 0.242 e. The van der Waals surface area contributed by atoms with Crippen LogP contribution in [0.5, 0.6) is 0 Å². The van der Waals surface area contributed by atoms with Gasteiger partial charge in [0.15, 0.2) is 0 Å². The fourth-order valence-electron chi connectivity index (χ4n) is 2.84. The third-order valence-electron chi connectivity index (χ3n) is 3.99. The standard InChI is InChI=1S/C18H17Br2NO/c19-16(14-8-2-1-3-9-14)17(20)18(22)21-12-6-10-13-7-4-5-11-15(13)21/h1-5,7-9,11,16-17H,6,10,12H2/t16-,17+/m0/s1. The van der Waals surface area contributed by atoms with E-state index in [1.165, 1.54) is 5.56 Å². The van der Waals surface area contributed by atoms with Crippen LogP contribution < -0.4 is 4.90 Å². The molecule has 2 nitrogen and oxygen atoms in total. The number of alkyl halides is 2. The predicted molar refractivity (Wildman–Crippen MR) is 97.9 cm³/mol. The summed E-state index contributed by atoms with van der Waals surface area (Å²) < 4.78 is 0. The third kappa shape index (κ3) is 3.13. The minimum Gasteiger partial charge on any atom is -0.311 e. The van der Waals surface area contributed by atoms with E-state index in [4.69, 9.17) is 0 Å². The molecule has 2 aromatic carbocycles. The highest BCUT2D eigenvalue weighted by molar-refractivity contribution is 9.12. The maximum absolute atomic E-state index is 12.9. The molecule has 0 aromatic heterocycles. The summed E-state index contributed by atoms with van der Waals surface area (Å²) in [5.41, 5.74) is 3.41. The first-order chi connectivity index (χ1) is 10.7. The van der Waals surface area contributed by atoms with Crippen LogP contribution in [0.4, 0.5) is 5.69 Å². The number of benzene rings is 2. The molecule has 114 valence electrons. The number of nitrogens with zero attached hydrogens (tertiary/aromatic N) is 1. The van der Waals surface area contributed by atoms with Gasteiger partial charge in [0.2, 0.25) is 5.91 Å². The van der Waals surface area contributed by atoms with E-state index in [1.54, 1.807) is 0 Å². The van der Waals surface area contributed by atoms with E-state index < -0.39 is 0 Å². The predicted octanol–water partition coefficient (Wildman–Crippen LogP) is 4.87. The summed E-state index contributed by atoms with van der Waals surface area (Å²) >= 11 is 7.26. The lowest BCUT2D eigenvalue weighted by Crippen LogP contribution is -2.41. The van der Waals surface area contributed by atoms with Crippen LogP contribution in [0.2, 0.25) is 0 Å². The van der Waals surface area contributed by atoms with Crippen LogP contribution in [0.1, 0.15) is 22.4 Å². The lowest BCUT2D eigenvalue weighted by Gasteiger charge is -2.32. The van der Waals surface area contributed by atoms with E-state index in [0.717, 1.165) is 30.6 Å². The maximum Gasteiger partial charge on any atom is 0.242 e. The highest BCUT2D eigenvalue weighted by Gasteiger charge is 2.31. The zero-order valence-electron chi connectivity index (χ0n) is 12.1. The molecule has 22 heavy (non-hydrogen) atoms. The molecule has 4 heteroatoms. The van der Waals surface area contributed by atoms with Crippen molar-refractivity contribution in [1.29, 1.82) is 0 Å². The number of fused-ring (bicyclic) bond motifs is 1. The number of para-hydroxylation sites is 1. The average Bonchev–Trinajstić information content (AvgIpc) is 2.60. The maximum atomic E-state index is 12.9.